The third-order valence-electron chi connectivity index (χ3n) is 3.55. The quantitative estimate of drug-likeness (QED) is 0.715. The fourth-order valence-corrected chi connectivity index (χ4v) is 2.24. The highest BCUT2D eigenvalue weighted by atomic mass is 16.5. The number of hydrogen-bond donors (Lipinski definition) is 1. The molecule has 2 heterocycles. The summed E-state index contributed by atoms with van der Waals surface area (Å²) in [7, 11) is 1.63. The molecule has 3 rings (SSSR count). The van der Waals surface area contributed by atoms with Crippen LogP contribution in [-0.4, -0.2) is 23.3 Å². The average molecular weight is 313 g/mol. The van der Waals surface area contributed by atoms with Crippen molar-refractivity contribution in [2.75, 3.05) is 12.4 Å². The molecule has 0 saturated carbocycles. The van der Waals surface area contributed by atoms with Crippen LogP contribution in [0.3, 0.4) is 0 Å². The van der Waals surface area contributed by atoms with Crippen molar-refractivity contribution in [2.24, 2.45) is 0 Å². The summed E-state index contributed by atoms with van der Waals surface area (Å²) in [6, 6.07) is 12.0. The van der Waals surface area contributed by atoms with Gasteiger partial charge >= 0.3 is 6.01 Å². The van der Waals surface area contributed by atoms with Crippen molar-refractivity contribution >= 4 is 6.01 Å². The van der Waals surface area contributed by atoms with Crippen LogP contribution in [0.1, 0.15) is 19.1 Å². The Morgan fingerprint density at radius 1 is 1.22 bits per heavy atom. The van der Waals surface area contributed by atoms with Gasteiger partial charge in [0.2, 0.25) is 5.82 Å². The summed E-state index contributed by atoms with van der Waals surface area (Å²) < 4.78 is 15.7. The third kappa shape index (κ3) is 3.91. The van der Waals surface area contributed by atoms with Crippen LogP contribution in [-0.2, 0) is 6.42 Å². The lowest BCUT2D eigenvalue weighted by atomic mass is 10.1. The molecule has 0 aliphatic rings. The molecule has 0 bridgehead atoms. The van der Waals surface area contributed by atoms with Crippen molar-refractivity contribution in [3.8, 4) is 17.1 Å². The molecule has 23 heavy (non-hydrogen) atoms. The summed E-state index contributed by atoms with van der Waals surface area (Å²) in [5.74, 6) is 2.32. The van der Waals surface area contributed by atoms with E-state index in [1.165, 1.54) is 0 Å². The highest BCUT2D eigenvalue weighted by Crippen LogP contribution is 2.21. The molecule has 1 unspecified atom stereocenters. The molecule has 0 saturated heterocycles. The standard InChI is InChI=1S/C17H19N3O3/c1-12(5-8-15-4-3-11-22-15)18-17-19-16(20-23-17)13-6-9-14(21-2)10-7-13/h3-4,6-7,9-12H,5,8H2,1-2H3,(H,18,19,20). The molecule has 0 amide bonds. The van der Waals surface area contributed by atoms with E-state index in [2.05, 4.69) is 22.4 Å². The number of anilines is 1. The number of aromatic nitrogens is 2. The van der Waals surface area contributed by atoms with Crippen LogP contribution < -0.4 is 10.1 Å². The molecule has 3 aromatic rings. The average Bonchev–Trinajstić information content (AvgIpc) is 3.25. The van der Waals surface area contributed by atoms with E-state index in [9.17, 15) is 0 Å². The summed E-state index contributed by atoms with van der Waals surface area (Å²) in [6.07, 6.45) is 3.46. The molecular weight excluding hydrogens is 294 g/mol. The Labute approximate surface area is 134 Å². The van der Waals surface area contributed by atoms with E-state index in [0.717, 1.165) is 29.9 Å². The normalized spacial score (nSPS) is 12.1. The van der Waals surface area contributed by atoms with Gasteiger partial charge in [-0.3, -0.25) is 0 Å². The highest BCUT2D eigenvalue weighted by molar-refractivity contribution is 5.56. The predicted molar refractivity (Wildman–Crippen MR) is 86.4 cm³/mol. The number of ether oxygens (including phenoxy) is 1. The topological polar surface area (TPSA) is 73.3 Å². The van der Waals surface area contributed by atoms with Crippen LogP contribution in [0.5, 0.6) is 5.75 Å². The molecule has 0 radical (unpaired) electrons. The number of furan rings is 1. The number of aryl methyl sites for hydroxylation is 1. The number of hydrogen-bond acceptors (Lipinski definition) is 6. The maximum absolute atomic E-state index is 5.33. The molecule has 0 fully saturated rings. The zero-order chi connectivity index (χ0) is 16.1. The fourth-order valence-electron chi connectivity index (χ4n) is 2.24. The molecule has 0 aliphatic heterocycles. The lowest BCUT2D eigenvalue weighted by Crippen LogP contribution is -2.16. The van der Waals surface area contributed by atoms with Crippen molar-refractivity contribution in [1.29, 1.82) is 0 Å². The SMILES string of the molecule is COc1ccc(-c2noc(NC(C)CCc3ccco3)n2)cc1. The second-order valence-corrected chi connectivity index (χ2v) is 5.32. The van der Waals surface area contributed by atoms with Gasteiger partial charge in [-0.1, -0.05) is 5.16 Å². The van der Waals surface area contributed by atoms with E-state index in [1.807, 2.05) is 36.4 Å². The van der Waals surface area contributed by atoms with Gasteiger partial charge < -0.3 is 19.0 Å². The molecule has 0 spiro atoms. The summed E-state index contributed by atoms with van der Waals surface area (Å²) >= 11 is 0. The Bertz CT molecular complexity index is 720. The van der Waals surface area contributed by atoms with E-state index in [-0.39, 0.29) is 6.04 Å². The van der Waals surface area contributed by atoms with E-state index >= 15 is 0 Å². The summed E-state index contributed by atoms with van der Waals surface area (Å²) in [5.41, 5.74) is 0.880. The lowest BCUT2D eigenvalue weighted by Gasteiger charge is -2.09. The van der Waals surface area contributed by atoms with Crippen molar-refractivity contribution in [2.45, 2.75) is 25.8 Å². The predicted octanol–water partition coefficient (Wildman–Crippen LogP) is 3.77. The zero-order valence-corrected chi connectivity index (χ0v) is 13.2. The van der Waals surface area contributed by atoms with Crippen molar-refractivity contribution in [1.82, 2.24) is 10.1 Å². The maximum atomic E-state index is 5.33. The minimum Gasteiger partial charge on any atom is -0.497 e. The second-order valence-electron chi connectivity index (χ2n) is 5.32. The third-order valence-corrected chi connectivity index (χ3v) is 3.55. The molecular formula is C17H19N3O3. The Kier molecular flexibility index (Phi) is 4.61. The van der Waals surface area contributed by atoms with Crippen LogP contribution in [0.2, 0.25) is 0 Å². The number of benzene rings is 1. The molecule has 1 N–H and O–H groups in total. The van der Waals surface area contributed by atoms with Crippen molar-refractivity contribution in [3.05, 3.63) is 48.4 Å². The highest BCUT2D eigenvalue weighted by Gasteiger charge is 2.11. The Morgan fingerprint density at radius 2 is 2.04 bits per heavy atom. The maximum Gasteiger partial charge on any atom is 0.321 e. The first-order valence-corrected chi connectivity index (χ1v) is 7.51. The number of methoxy groups -OCH3 is 1. The molecule has 0 aliphatic carbocycles. The number of nitrogens with zero attached hydrogens (tertiary/aromatic N) is 2. The lowest BCUT2D eigenvalue weighted by molar-refractivity contribution is 0.414. The van der Waals surface area contributed by atoms with Gasteiger partial charge in [-0.05, 0) is 49.7 Å². The minimum absolute atomic E-state index is 0.198. The van der Waals surface area contributed by atoms with Crippen LogP contribution in [0, 0.1) is 0 Å². The first-order valence-electron chi connectivity index (χ1n) is 7.51. The van der Waals surface area contributed by atoms with E-state index < -0.39 is 0 Å². The van der Waals surface area contributed by atoms with Gasteiger partial charge in [0.1, 0.15) is 11.5 Å². The van der Waals surface area contributed by atoms with Crippen LogP contribution in [0.15, 0.2) is 51.6 Å². The van der Waals surface area contributed by atoms with Gasteiger partial charge in [0.05, 0.1) is 13.4 Å². The number of nitrogens with one attached hydrogen (secondary N) is 1. The smallest absolute Gasteiger partial charge is 0.321 e. The fraction of sp³-hybridized carbons (Fsp3) is 0.294. The van der Waals surface area contributed by atoms with Gasteiger partial charge in [0.25, 0.3) is 0 Å². The van der Waals surface area contributed by atoms with Crippen molar-refractivity contribution < 1.29 is 13.7 Å². The molecule has 2 aromatic heterocycles. The zero-order valence-electron chi connectivity index (χ0n) is 13.2. The Hall–Kier alpha value is -2.76. The van der Waals surface area contributed by atoms with Crippen LogP contribution in [0.25, 0.3) is 11.4 Å². The van der Waals surface area contributed by atoms with Crippen LogP contribution >= 0.6 is 0 Å². The van der Waals surface area contributed by atoms with Crippen LogP contribution in [0.4, 0.5) is 6.01 Å². The summed E-state index contributed by atoms with van der Waals surface area (Å²) in [4.78, 5) is 4.37. The molecule has 6 heteroatoms. The molecule has 1 aromatic carbocycles. The van der Waals surface area contributed by atoms with E-state index in [1.54, 1.807) is 13.4 Å². The van der Waals surface area contributed by atoms with E-state index in [0.29, 0.717) is 11.8 Å². The largest absolute Gasteiger partial charge is 0.497 e. The van der Waals surface area contributed by atoms with Gasteiger partial charge in [-0.25, -0.2) is 0 Å². The van der Waals surface area contributed by atoms with Gasteiger partial charge in [0.15, 0.2) is 0 Å². The molecule has 6 nitrogen and oxygen atoms in total. The number of rotatable bonds is 7. The van der Waals surface area contributed by atoms with Gasteiger partial charge in [0, 0.05) is 18.0 Å². The van der Waals surface area contributed by atoms with Crippen molar-refractivity contribution in [3.63, 3.8) is 0 Å². The van der Waals surface area contributed by atoms with E-state index in [4.69, 9.17) is 13.7 Å². The first-order chi connectivity index (χ1) is 11.2. The summed E-state index contributed by atoms with van der Waals surface area (Å²) in [5, 5.41) is 7.21. The monoisotopic (exact) mass is 313 g/mol. The Morgan fingerprint density at radius 3 is 2.74 bits per heavy atom. The van der Waals surface area contributed by atoms with Gasteiger partial charge in [-0.15, -0.1) is 0 Å². The second kappa shape index (κ2) is 7.00. The Balaban J connectivity index is 1.57. The summed E-state index contributed by atoms with van der Waals surface area (Å²) in [6.45, 7) is 2.07. The first kappa shape index (κ1) is 15.1. The van der Waals surface area contributed by atoms with Gasteiger partial charge in [-0.2, -0.15) is 4.98 Å². The minimum atomic E-state index is 0.198. The molecule has 120 valence electrons. The molecule has 1 atom stereocenters.